The maximum absolute atomic E-state index is 10.8. The standard InChI is InChI=1S/C14H27NO9S3/c1-25-7-5-3-2-4-6-10(15-24-27(20,21)22)26-14-13(19)12(18)11(17)9(8-16)23-14/h9,11-14,16-19H,2-8H2,1H3,(H,20,21,22)/t9-,11-,12+,13-,14+/m1/s1. The quantitative estimate of drug-likeness (QED) is 0.0944. The summed E-state index contributed by atoms with van der Waals surface area (Å²) in [5.41, 5.74) is -1.11. The molecule has 1 rings (SSSR count). The smallest absolute Gasteiger partial charge is 0.394 e. The molecule has 0 aromatic rings. The van der Waals surface area contributed by atoms with Gasteiger partial charge in [0.05, 0.1) is 6.61 Å². The first-order chi connectivity index (χ1) is 12.7. The summed E-state index contributed by atoms with van der Waals surface area (Å²) in [6, 6.07) is 0. The molecule has 160 valence electrons. The lowest BCUT2D eigenvalue weighted by Gasteiger charge is -2.39. The summed E-state index contributed by atoms with van der Waals surface area (Å²) in [5.74, 6) is 1.05. The zero-order chi connectivity index (χ0) is 20.4. The van der Waals surface area contributed by atoms with E-state index in [9.17, 15) is 28.8 Å². The van der Waals surface area contributed by atoms with Gasteiger partial charge in [-0.05, 0) is 31.3 Å². The van der Waals surface area contributed by atoms with Crippen LogP contribution in [-0.2, 0) is 19.4 Å². The molecule has 1 aliphatic heterocycles. The largest absolute Gasteiger partial charge is 0.466 e. The molecule has 0 amide bonds. The van der Waals surface area contributed by atoms with Crippen molar-refractivity contribution in [3.8, 4) is 0 Å². The summed E-state index contributed by atoms with van der Waals surface area (Å²) in [6.07, 6.45) is 0.251. The molecule has 27 heavy (non-hydrogen) atoms. The molecule has 0 aliphatic carbocycles. The van der Waals surface area contributed by atoms with Crippen molar-refractivity contribution in [3.05, 3.63) is 0 Å². The van der Waals surface area contributed by atoms with E-state index in [2.05, 4.69) is 9.44 Å². The van der Waals surface area contributed by atoms with Gasteiger partial charge in [-0.15, -0.1) is 0 Å². The van der Waals surface area contributed by atoms with Gasteiger partial charge in [-0.1, -0.05) is 29.8 Å². The van der Waals surface area contributed by atoms with Gasteiger partial charge < -0.3 is 25.2 Å². The Balaban J connectivity index is 2.71. The Morgan fingerprint density at radius 3 is 2.37 bits per heavy atom. The Kier molecular flexibility index (Phi) is 11.5. The number of aliphatic hydroxyl groups excluding tert-OH is 4. The van der Waals surface area contributed by atoms with Crippen LogP contribution in [0.25, 0.3) is 0 Å². The highest BCUT2D eigenvalue weighted by Crippen LogP contribution is 2.30. The van der Waals surface area contributed by atoms with Gasteiger partial charge >= 0.3 is 10.4 Å². The normalized spacial score (nSPS) is 29.7. The van der Waals surface area contributed by atoms with Gasteiger partial charge in [0.15, 0.2) is 0 Å². The van der Waals surface area contributed by atoms with E-state index in [1.807, 2.05) is 6.26 Å². The maximum Gasteiger partial charge on any atom is 0.466 e. The molecule has 0 aromatic heterocycles. The molecule has 1 saturated heterocycles. The van der Waals surface area contributed by atoms with E-state index in [0.717, 1.165) is 36.8 Å². The number of hydrogen-bond acceptors (Lipinski definition) is 11. The molecule has 1 aliphatic rings. The molecule has 0 bridgehead atoms. The first-order valence-electron chi connectivity index (χ1n) is 8.38. The van der Waals surface area contributed by atoms with Gasteiger partial charge in [-0.3, -0.25) is 4.55 Å². The molecule has 10 nitrogen and oxygen atoms in total. The third-order valence-electron chi connectivity index (χ3n) is 3.82. The number of nitrogens with zero attached hydrogens (tertiary/aromatic N) is 1. The van der Waals surface area contributed by atoms with Crippen LogP contribution >= 0.6 is 23.5 Å². The van der Waals surface area contributed by atoms with Crippen LogP contribution in [0.2, 0.25) is 0 Å². The van der Waals surface area contributed by atoms with Crippen LogP contribution in [0.1, 0.15) is 32.1 Å². The van der Waals surface area contributed by atoms with E-state index < -0.39 is 46.9 Å². The molecule has 0 saturated carbocycles. The van der Waals surface area contributed by atoms with Crippen LogP contribution in [0.5, 0.6) is 0 Å². The van der Waals surface area contributed by atoms with Crippen molar-refractivity contribution in [2.45, 2.75) is 62.0 Å². The summed E-state index contributed by atoms with van der Waals surface area (Å²) < 4.78 is 39.6. The van der Waals surface area contributed by atoms with Gasteiger partial charge in [0.2, 0.25) is 0 Å². The number of aliphatic hydroxyl groups is 4. The first kappa shape index (κ1) is 24.9. The second kappa shape index (κ2) is 12.4. The van der Waals surface area contributed by atoms with Crippen LogP contribution in [0.4, 0.5) is 0 Å². The molecule has 1 heterocycles. The summed E-state index contributed by atoms with van der Waals surface area (Å²) in [5, 5.41) is 42.4. The van der Waals surface area contributed by atoms with E-state index in [1.54, 1.807) is 11.8 Å². The van der Waals surface area contributed by atoms with Gasteiger partial charge in [-0.2, -0.15) is 20.2 Å². The van der Waals surface area contributed by atoms with Gasteiger partial charge in [0.1, 0.15) is 34.9 Å². The van der Waals surface area contributed by atoms with Crippen molar-refractivity contribution in [1.29, 1.82) is 0 Å². The van der Waals surface area contributed by atoms with Crippen LogP contribution in [0, 0.1) is 0 Å². The van der Waals surface area contributed by atoms with Crippen LogP contribution in [-0.4, -0.2) is 86.9 Å². The first-order valence-corrected chi connectivity index (χ1v) is 12.0. The number of hydrogen-bond donors (Lipinski definition) is 5. The zero-order valence-electron chi connectivity index (χ0n) is 14.9. The summed E-state index contributed by atoms with van der Waals surface area (Å²) in [4.78, 5) is 0. The highest BCUT2D eigenvalue weighted by molar-refractivity contribution is 8.14. The van der Waals surface area contributed by atoms with Crippen LogP contribution in [0.15, 0.2) is 5.16 Å². The van der Waals surface area contributed by atoms with Crippen LogP contribution < -0.4 is 0 Å². The lowest BCUT2D eigenvalue weighted by Crippen LogP contribution is -2.57. The third kappa shape index (κ3) is 9.28. The monoisotopic (exact) mass is 449 g/mol. The molecular weight excluding hydrogens is 422 g/mol. The molecule has 5 N–H and O–H groups in total. The minimum absolute atomic E-state index is 0.127. The lowest BCUT2D eigenvalue weighted by molar-refractivity contribution is -0.205. The number of ether oxygens (including phenoxy) is 1. The van der Waals surface area contributed by atoms with Gasteiger partial charge in [0.25, 0.3) is 0 Å². The Hall–Kier alpha value is -0.120. The Morgan fingerprint density at radius 2 is 1.78 bits per heavy atom. The third-order valence-corrected chi connectivity index (χ3v) is 5.96. The fraction of sp³-hybridized carbons (Fsp3) is 0.929. The van der Waals surface area contributed by atoms with Crippen molar-refractivity contribution in [2.75, 3.05) is 18.6 Å². The van der Waals surface area contributed by atoms with Gasteiger partial charge in [0, 0.05) is 0 Å². The second-order valence-corrected chi connectivity index (χ2v) is 9.12. The maximum atomic E-state index is 10.8. The fourth-order valence-electron chi connectivity index (χ4n) is 2.39. The minimum atomic E-state index is -4.79. The summed E-state index contributed by atoms with van der Waals surface area (Å²) in [6.45, 7) is -0.578. The van der Waals surface area contributed by atoms with Crippen molar-refractivity contribution in [2.24, 2.45) is 5.16 Å². The average Bonchev–Trinajstić information content (AvgIpc) is 2.61. The Bertz CT molecular complexity index is 558. The predicted octanol–water partition coefficient (Wildman–Crippen LogP) is -0.0341. The van der Waals surface area contributed by atoms with E-state index in [1.165, 1.54) is 0 Å². The van der Waals surface area contributed by atoms with Crippen molar-refractivity contribution >= 4 is 39.0 Å². The fourth-order valence-corrected chi connectivity index (χ4v) is 4.22. The number of rotatable bonds is 11. The summed E-state index contributed by atoms with van der Waals surface area (Å²) in [7, 11) is -4.79. The number of thioether (sulfide) groups is 2. The molecule has 13 heteroatoms. The molecule has 1 fully saturated rings. The number of unbranched alkanes of at least 4 members (excludes halogenated alkanes) is 3. The molecule has 0 spiro atoms. The van der Waals surface area contributed by atoms with E-state index in [-0.39, 0.29) is 5.04 Å². The molecule has 0 unspecified atom stereocenters. The Labute approximate surface area is 167 Å². The molecule has 0 radical (unpaired) electrons. The highest BCUT2D eigenvalue weighted by Gasteiger charge is 2.44. The Morgan fingerprint density at radius 1 is 1.11 bits per heavy atom. The predicted molar refractivity (Wildman–Crippen MR) is 103 cm³/mol. The van der Waals surface area contributed by atoms with E-state index in [4.69, 9.17) is 9.29 Å². The van der Waals surface area contributed by atoms with Crippen molar-refractivity contribution in [1.82, 2.24) is 0 Å². The zero-order valence-corrected chi connectivity index (χ0v) is 17.3. The topological polar surface area (TPSA) is 166 Å². The highest BCUT2D eigenvalue weighted by atomic mass is 32.3. The molecular formula is C14H27NO9S3. The molecule has 0 aromatic carbocycles. The lowest BCUT2D eigenvalue weighted by atomic mass is 10.0. The molecule has 5 atom stereocenters. The van der Waals surface area contributed by atoms with Crippen molar-refractivity contribution in [3.63, 3.8) is 0 Å². The minimum Gasteiger partial charge on any atom is -0.394 e. The number of oxime groups is 1. The SMILES string of the molecule is CSCCCCCCC(=NOS(=O)(=O)O)S[C@@H]1O[C@H](CO)[C@@H](O)[C@H](O)[C@H]1O. The van der Waals surface area contributed by atoms with Crippen LogP contribution in [0.3, 0.4) is 0 Å². The summed E-state index contributed by atoms with van der Waals surface area (Å²) >= 11 is 2.55. The average molecular weight is 450 g/mol. The van der Waals surface area contributed by atoms with Gasteiger partial charge in [-0.25, -0.2) is 4.28 Å². The van der Waals surface area contributed by atoms with E-state index in [0.29, 0.717) is 12.8 Å². The second-order valence-electron chi connectivity index (χ2n) is 5.96. The van der Waals surface area contributed by atoms with E-state index >= 15 is 0 Å². The van der Waals surface area contributed by atoms with Crippen molar-refractivity contribution < 1.29 is 42.4 Å².